The van der Waals surface area contributed by atoms with Crippen molar-refractivity contribution in [3.05, 3.63) is 93.0 Å². The van der Waals surface area contributed by atoms with Crippen LogP contribution in [-0.4, -0.2) is 75.3 Å². The minimum atomic E-state index is -0.123. The molecule has 2 aromatic heterocycles. The number of phenolic OH excluding ortho intramolecular Hbond substituents is 1. The molecule has 15 heteroatoms. The zero-order chi connectivity index (χ0) is 49.2. The number of Topliss-reactive ketones (excluding diaryl/α,β-unsaturated/α-hetero) is 1. The minimum Gasteiger partial charge on any atom is -0.677 e. The van der Waals surface area contributed by atoms with E-state index in [4.69, 9.17) is 10.7 Å². The first-order valence-electron chi connectivity index (χ1n) is 23.5. The van der Waals surface area contributed by atoms with E-state index in [-0.39, 0.29) is 56.2 Å². The number of H-pyrrole nitrogens is 1. The molecule has 3 amide bonds. The molecule has 2 unspecified atom stereocenters. The Labute approximate surface area is 418 Å². The number of para-hydroxylation sites is 1. The zero-order valence-corrected chi connectivity index (χ0v) is 45.4. The number of hydrogen-bond acceptors (Lipinski definition) is 10. The van der Waals surface area contributed by atoms with Crippen molar-refractivity contribution >= 4 is 63.0 Å². The molecule has 1 aliphatic rings. The summed E-state index contributed by atoms with van der Waals surface area (Å²) in [4.78, 5) is 58.5. The number of carbonyl (C=O) groups is 4. The van der Waals surface area contributed by atoms with Crippen LogP contribution < -0.4 is 10.6 Å². The molecule has 366 valence electrons. The van der Waals surface area contributed by atoms with Crippen LogP contribution in [0.15, 0.2) is 57.7 Å². The van der Waals surface area contributed by atoms with Crippen LogP contribution in [0.3, 0.4) is 0 Å². The van der Waals surface area contributed by atoms with Gasteiger partial charge in [0.1, 0.15) is 11.6 Å². The molecular weight excluding hydrogens is 1030 g/mol. The molecule has 13 nitrogen and oxygen atoms in total. The van der Waals surface area contributed by atoms with E-state index in [0.29, 0.717) is 42.9 Å². The number of imidazole rings is 1. The summed E-state index contributed by atoms with van der Waals surface area (Å²) < 4.78 is 0. The summed E-state index contributed by atoms with van der Waals surface area (Å²) in [5.74, 6) is 1.44. The summed E-state index contributed by atoms with van der Waals surface area (Å²) in [5, 5.41) is 23.5. The molecule has 0 saturated carbocycles. The van der Waals surface area contributed by atoms with Crippen LogP contribution in [0, 0.1) is 39.5 Å². The van der Waals surface area contributed by atoms with E-state index < -0.39 is 0 Å². The van der Waals surface area contributed by atoms with Crippen LogP contribution in [-0.2, 0) is 41.9 Å². The number of thiophene rings is 1. The first-order valence-corrected chi connectivity index (χ1v) is 24.3. The SMILES string of the molecule is CC(=O)c1cccc2[nH]c(CC[NH-])nc12.CCC(C)/C(C)=N\N=C(/C)CN=C(c1ccc(O)cc1)c1c(C)sc(C)c1C.CCCC1CCC(=O)NC1=O.[CH2-]CCCCCCCNC(C)=O.[W+2]. The van der Waals surface area contributed by atoms with Gasteiger partial charge in [0, 0.05) is 58.0 Å². The number of aromatic amines is 1. The van der Waals surface area contributed by atoms with Gasteiger partial charge in [0.2, 0.25) is 17.7 Å². The van der Waals surface area contributed by atoms with Crippen LogP contribution in [0.1, 0.15) is 162 Å². The van der Waals surface area contributed by atoms with Crippen LogP contribution in [0.2, 0.25) is 0 Å². The van der Waals surface area contributed by atoms with E-state index in [1.807, 2.05) is 45.0 Å². The number of aliphatic imine (C=N–C) groups is 1. The molecule has 0 radical (unpaired) electrons. The molecule has 1 aliphatic heterocycles. The molecule has 0 bridgehead atoms. The van der Waals surface area contributed by atoms with Gasteiger partial charge in [-0.1, -0.05) is 58.9 Å². The van der Waals surface area contributed by atoms with Gasteiger partial charge >= 0.3 is 21.1 Å². The number of amides is 3. The number of unbranched alkanes of at least 4 members (excludes halogenated alkanes) is 5. The van der Waals surface area contributed by atoms with E-state index in [9.17, 15) is 24.3 Å². The van der Waals surface area contributed by atoms with Gasteiger partial charge in [-0.05, 0) is 122 Å². The number of piperidine rings is 1. The molecule has 0 aliphatic carbocycles. The first-order chi connectivity index (χ1) is 31.5. The summed E-state index contributed by atoms with van der Waals surface area (Å²) in [6, 6.07) is 12.7. The van der Waals surface area contributed by atoms with Crippen LogP contribution in [0.4, 0.5) is 0 Å². The number of imide groups is 1. The Kier molecular flexibility index (Phi) is 29.7. The zero-order valence-electron chi connectivity index (χ0n) is 41.7. The minimum absolute atomic E-state index is 0. The van der Waals surface area contributed by atoms with Crippen LogP contribution >= 0.6 is 11.3 Å². The molecule has 5 N–H and O–H groups in total. The molecule has 4 aromatic rings. The number of rotatable bonds is 19. The third kappa shape index (κ3) is 21.9. The molecule has 2 atom stereocenters. The first kappa shape index (κ1) is 60.4. The fourth-order valence-corrected chi connectivity index (χ4v) is 7.99. The van der Waals surface area contributed by atoms with Gasteiger partial charge in [0.25, 0.3) is 0 Å². The van der Waals surface area contributed by atoms with E-state index in [1.165, 1.54) is 53.5 Å². The van der Waals surface area contributed by atoms with Gasteiger partial charge in [0.15, 0.2) is 5.78 Å². The van der Waals surface area contributed by atoms with Crippen LogP contribution in [0.25, 0.3) is 16.8 Å². The van der Waals surface area contributed by atoms with Crippen LogP contribution in [0.5, 0.6) is 5.75 Å². The van der Waals surface area contributed by atoms with Crippen molar-refractivity contribution in [3.8, 4) is 5.75 Å². The third-order valence-corrected chi connectivity index (χ3v) is 12.3. The largest absolute Gasteiger partial charge is 2.00 e. The van der Waals surface area contributed by atoms with Gasteiger partial charge in [-0.25, -0.2) is 4.98 Å². The number of aromatic nitrogens is 2. The Morgan fingerprint density at radius 1 is 0.970 bits per heavy atom. The monoisotopic (exact) mass is 1110 g/mol. The van der Waals surface area contributed by atoms with E-state index in [0.717, 1.165) is 79.1 Å². The molecule has 3 heterocycles. The Balaban J connectivity index is 0.000000485. The van der Waals surface area contributed by atoms with Crippen molar-refractivity contribution < 1.29 is 45.3 Å². The molecular formula is C52H76N8O5SW. The van der Waals surface area contributed by atoms with Gasteiger partial charge in [-0.15, -0.1) is 17.9 Å². The number of fused-ring (bicyclic) bond motifs is 1. The van der Waals surface area contributed by atoms with Crippen molar-refractivity contribution in [2.24, 2.45) is 27.0 Å². The molecule has 1 saturated heterocycles. The number of benzene rings is 2. The number of carbonyl (C=O) groups excluding carboxylic acids is 4. The Hall–Kier alpha value is -4.65. The van der Waals surface area contributed by atoms with Crippen molar-refractivity contribution in [2.75, 3.05) is 19.6 Å². The maximum Gasteiger partial charge on any atom is 2.00 e. The molecule has 2 aromatic carbocycles. The smallest absolute Gasteiger partial charge is 0.677 e. The maximum atomic E-state index is 11.3. The predicted molar refractivity (Wildman–Crippen MR) is 274 cm³/mol. The molecule has 67 heavy (non-hydrogen) atoms. The number of nitrogens with one attached hydrogen (secondary N) is 4. The normalized spacial score (nSPS) is 14.3. The second-order valence-corrected chi connectivity index (χ2v) is 18.2. The summed E-state index contributed by atoms with van der Waals surface area (Å²) in [6.45, 7) is 25.3. The maximum absolute atomic E-state index is 11.3. The predicted octanol–water partition coefficient (Wildman–Crippen LogP) is 11.6. The number of nitrogens with zero attached hydrogens (tertiary/aromatic N) is 4. The van der Waals surface area contributed by atoms with Gasteiger partial charge in [-0.2, -0.15) is 16.6 Å². The number of aromatic hydroxyl groups is 1. The summed E-state index contributed by atoms with van der Waals surface area (Å²) in [6.07, 6.45) is 12.0. The Morgan fingerprint density at radius 3 is 2.21 bits per heavy atom. The number of hydrogen-bond donors (Lipinski definition) is 4. The van der Waals surface area contributed by atoms with E-state index in [1.54, 1.807) is 36.5 Å². The quantitative estimate of drug-likeness (QED) is 0.0180. The van der Waals surface area contributed by atoms with Crippen molar-refractivity contribution in [2.45, 2.75) is 146 Å². The molecule has 1 fully saturated rings. The van der Waals surface area contributed by atoms with Crippen molar-refractivity contribution in [1.29, 1.82) is 0 Å². The Bertz CT molecular complexity index is 2250. The number of phenols is 1. The van der Waals surface area contributed by atoms with Gasteiger partial charge in [0.05, 0.1) is 29.0 Å². The Morgan fingerprint density at radius 2 is 1.64 bits per heavy atom. The van der Waals surface area contributed by atoms with Gasteiger partial charge in [-0.3, -0.25) is 29.5 Å². The van der Waals surface area contributed by atoms with Crippen molar-refractivity contribution in [3.63, 3.8) is 0 Å². The van der Waals surface area contributed by atoms with E-state index >= 15 is 0 Å². The fraction of sp³-hybridized carbons (Fsp3) is 0.519. The van der Waals surface area contributed by atoms with E-state index in [2.05, 4.69) is 72.3 Å². The second kappa shape index (κ2) is 32.9. The average molecular weight is 1110 g/mol. The molecule has 0 spiro atoms. The average Bonchev–Trinajstić information content (AvgIpc) is 3.81. The summed E-state index contributed by atoms with van der Waals surface area (Å²) in [7, 11) is 0. The fourth-order valence-electron chi connectivity index (χ4n) is 6.92. The summed E-state index contributed by atoms with van der Waals surface area (Å²) >= 11 is 1.79. The molecule has 5 rings (SSSR count). The number of aryl methyl sites for hydroxylation is 2. The standard InChI is InChI=1S/C23H31N3OS.C11H12N3O.C10H20NO.C8H13NO2.W/c1-8-14(2)17(5)26-25-15(3)13-24-23(20-9-11-21(27)12-10-20)22-16(4)18(6)28-19(22)7;1-7(15)8-3-2-4-9-11(8)14-10(13-9)5-6-12;1-3-4-5-6-7-8-9-11-10(2)12;1-2-3-6-4-5-7(10)9-8(6)11;/h9-12,14,27H,8,13H2,1-7H3;2-4,12H,5-6H2,1H3,(H,13,14);1,3-9H2,2H3,(H,11,12);6H,2-5H2,1H3,(H,9,10,11);/q;2*-1;;+2/b24-23?,25-15+,26-17-;;;;. The second-order valence-electron chi connectivity index (χ2n) is 16.8. The third-order valence-electron chi connectivity index (χ3n) is 11.2. The van der Waals surface area contributed by atoms with Crippen molar-refractivity contribution in [1.82, 2.24) is 20.6 Å². The number of ketones is 1. The topological polar surface area (TPSA) is 202 Å². The van der Waals surface area contributed by atoms with Gasteiger partial charge < -0.3 is 28.1 Å². The summed E-state index contributed by atoms with van der Waals surface area (Å²) in [5.41, 5.74) is 15.6.